The first kappa shape index (κ1) is 21.0. The monoisotopic (exact) mass is 394 g/mol. The number of aromatic nitrogens is 2. The van der Waals surface area contributed by atoms with Crippen LogP contribution in [0.4, 0.5) is 0 Å². The summed E-state index contributed by atoms with van der Waals surface area (Å²) in [6, 6.07) is 10.1. The maximum absolute atomic E-state index is 5.70. The van der Waals surface area contributed by atoms with E-state index in [4.69, 9.17) is 9.68 Å². The largest absolute Gasteiger partial charge is 0.395 e. The van der Waals surface area contributed by atoms with Gasteiger partial charge >= 0.3 is 0 Å². The van der Waals surface area contributed by atoms with Gasteiger partial charge in [-0.3, -0.25) is 9.97 Å². The van der Waals surface area contributed by atoms with Crippen molar-refractivity contribution < 1.29 is 9.68 Å². The van der Waals surface area contributed by atoms with E-state index in [2.05, 4.69) is 46.3 Å². The van der Waals surface area contributed by atoms with Crippen molar-refractivity contribution in [3.63, 3.8) is 0 Å². The minimum Gasteiger partial charge on any atom is -0.395 e. The fourth-order valence-electron chi connectivity index (χ4n) is 3.11. The second-order valence-corrected chi connectivity index (χ2v) is 8.40. The highest BCUT2D eigenvalue weighted by atomic mass is 16.6. The van der Waals surface area contributed by atoms with Crippen LogP contribution in [0.1, 0.15) is 62.0 Å². The first-order valence-corrected chi connectivity index (χ1v) is 10.1. The number of fused-ring (bicyclic) bond motifs is 1. The van der Waals surface area contributed by atoms with Crippen LogP contribution in [-0.4, -0.2) is 34.6 Å². The van der Waals surface area contributed by atoms with Gasteiger partial charge in [0.25, 0.3) is 0 Å². The van der Waals surface area contributed by atoms with Crippen molar-refractivity contribution >= 4 is 11.4 Å². The molecular formula is C23H30N4O2. The van der Waals surface area contributed by atoms with Gasteiger partial charge in [-0.2, -0.15) is 0 Å². The summed E-state index contributed by atoms with van der Waals surface area (Å²) in [6.45, 7) is 10.9. The zero-order valence-electron chi connectivity index (χ0n) is 18.0. The molecule has 2 heterocycles. The molecule has 0 atom stereocenters. The van der Waals surface area contributed by atoms with E-state index in [9.17, 15) is 0 Å². The minimum atomic E-state index is -0.231. The van der Waals surface area contributed by atoms with Crippen LogP contribution >= 0.6 is 0 Å². The van der Waals surface area contributed by atoms with Crippen molar-refractivity contribution in [2.24, 2.45) is 15.7 Å². The van der Waals surface area contributed by atoms with E-state index in [1.54, 1.807) is 0 Å². The normalized spacial score (nSPS) is 15.9. The Balaban J connectivity index is 1.55. The van der Waals surface area contributed by atoms with Gasteiger partial charge in [0.15, 0.2) is 0 Å². The Hall–Kier alpha value is -2.76. The molecule has 0 aliphatic heterocycles. The first-order valence-electron chi connectivity index (χ1n) is 10.1. The first-order chi connectivity index (χ1) is 13.8. The van der Waals surface area contributed by atoms with E-state index in [1.165, 1.54) is 5.56 Å². The fraction of sp³-hybridized carbons (Fsp3) is 0.478. The highest BCUT2D eigenvalue weighted by Gasteiger charge is 2.22. The van der Waals surface area contributed by atoms with Crippen molar-refractivity contribution in [3.05, 3.63) is 58.7 Å². The highest BCUT2D eigenvalue weighted by molar-refractivity contribution is 6.00. The molecule has 0 radical (unpaired) electrons. The van der Waals surface area contributed by atoms with Crippen LogP contribution in [0, 0.1) is 19.3 Å². The van der Waals surface area contributed by atoms with E-state index >= 15 is 0 Å². The van der Waals surface area contributed by atoms with Gasteiger partial charge in [0.2, 0.25) is 0 Å². The molecule has 3 rings (SSSR count). The number of aryl methyl sites for hydroxylation is 3. The molecule has 6 heteroatoms. The molecule has 0 bridgehead atoms. The number of hydrogen-bond acceptors (Lipinski definition) is 6. The Morgan fingerprint density at radius 2 is 1.76 bits per heavy atom. The zero-order valence-corrected chi connectivity index (χ0v) is 18.0. The summed E-state index contributed by atoms with van der Waals surface area (Å²) in [4.78, 5) is 20.4. The van der Waals surface area contributed by atoms with E-state index < -0.39 is 0 Å². The van der Waals surface area contributed by atoms with Crippen LogP contribution in [0.2, 0.25) is 0 Å². The molecule has 1 aliphatic rings. The molecule has 6 nitrogen and oxygen atoms in total. The van der Waals surface area contributed by atoms with E-state index in [1.807, 2.05) is 39.0 Å². The van der Waals surface area contributed by atoms with Crippen LogP contribution in [0.25, 0.3) is 0 Å². The third kappa shape index (κ3) is 5.86. The van der Waals surface area contributed by atoms with Crippen molar-refractivity contribution in [1.82, 2.24) is 9.97 Å². The summed E-state index contributed by atoms with van der Waals surface area (Å²) in [5, 5.41) is 8.61. The van der Waals surface area contributed by atoms with Gasteiger partial charge in [-0.05, 0) is 63.8 Å². The Morgan fingerprint density at radius 1 is 1.00 bits per heavy atom. The summed E-state index contributed by atoms with van der Waals surface area (Å²) in [7, 11) is 0. The summed E-state index contributed by atoms with van der Waals surface area (Å²) >= 11 is 0. The molecule has 0 fully saturated rings. The molecular weight excluding hydrogens is 364 g/mol. The smallest absolute Gasteiger partial charge is 0.125 e. The van der Waals surface area contributed by atoms with E-state index in [0.29, 0.717) is 13.2 Å². The van der Waals surface area contributed by atoms with Crippen molar-refractivity contribution in [2.45, 2.75) is 53.9 Å². The van der Waals surface area contributed by atoms with Gasteiger partial charge in [-0.1, -0.05) is 36.3 Å². The molecule has 2 aromatic heterocycles. The maximum atomic E-state index is 5.70. The lowest BCUT2D eigenvalue weighted by Crippen LogP contribution is -2.24. The topological polar surface area (TPSA) is 69.0 Å². The lowest BCUT2D eigenvalue weighted by atomic mass is 9.94. The van der Waals surface area contributed by atoms with Gasteiger partial charge in [0.1, 0.15) is 24.6 Å². The highest BCUT2D eigenvalue weighted by Crippen LogP contribution is 2.22. The molecule has 0 spiro atoms. The predicted molar refractivity (Wildman–Crippen MR) is 115 cm³/mol. The Labute approximate surface area is 173 Å². The van der Waals surface area contributed by atoms with Crippen LogP contribution in [0.3, 0.4) is 0 Å². The lowest BCUT2D eigenvalue weighted by molar-refractivity contribution is -0.000159. The third-order valence-electron chi connectivity index (χ3n) is 4.80. The van der Waals surface area contributed by atoms with Crippen LogP contribution in [0.5, 0.6) is 0 Å². The second kappa shape index (κ2) is 9.16. The molecule has 0 saturated heterocycles. The standard InChI is InChI=1S/C23H30N4O2/c1-16-8-6-10-20(24-16)18(3)26-28-14-23(4,5)15-29-27-21-11-7-9-19-13-12-17(2)25-22(19)21/h6,8,10,12-13H,7,9,11,14-15H2,1-5H3/b26-18+,27-21+. The minimum absolute atomic E-state index is 0.231. The number of nitrogens with zero attached hydrogens (tertiary/aromatic N) is 4. The summed E-state index contributed by atoms with van der Waals surface area (Å²) in [6.07, 6.45) is 3.02. The Morgan fingerprint density at radius 3 is 2.55 bits per heavy atom. The number of pyridine rings is 2. The molecule has 0 aromatic carbocycles. The molecule has 154 valence electrons. The SMILES string of the molecule is C/C(=N\OCC(C)(C)CO/N=C1\CCCc2ccc(C)nc21)c1cccc(C)n1. The number of oxime groups is 2. The molecule has 0 amide bonds. The van der Waals surface area contributed by atoms with E-state index in [0.717, 1.165) is 53.5 Å². The summed E-state index contributed by atoms with van der Waals surface area (Å²) in [5.74, 6) is 0. The van der Waals surface area contributed by atoms with Crippen molar-refractivity contribution in [1.29, 1.82) is 0 Å². The quantitative estimate of drug-likeness (QED) is 0.508. The molecule has 29 heavy (non-hydrogen) atoms. The zero-order chi connectivity index (χ0) is 20.9. The molecule has 0 saturated carbocycles. The fourth-order valence-corrected chi connectivity index (χ4v) is 3.11. The molecule has 1 aliphatic carbocycles. The van der Waals surface area contributed by atoms with Gasteiger partial charge in [0.05, 0.1) is 11.4 Å². The summed E-state index contributed by atoms with van der Waals surface area (Å²) < 4.78 is 0. The Kier molecular flexibility index (Phi) is 6.62. The summed E-state index contributed by atoms with van der Waals surface area (Å²) in [5.41, 5.74) is 6.48. The van der Waals surface area contributed by atoms with Crippen molar-refractivity contribution in [3.8, 4) is 0 Å². The average molecular weight is 395 g/mol. The number of rotatable bonds is 7. The maximum Gasteiger partial charge on any atom is 0.125 e. The predicted octanol–water partition coefficient (Wildman–Crippen LogP) is 4.62. The number of hydrogen-bond donors (Lipinski definition) is 0. The molecule has 0 unspecified atom stereocenters. The molecule has 2 aromatic rings. The lowest BCUT2D eigenvalue weighted by Gasteiger charge is -2.22. The van der Waals surface area contributed by atoms with Crippen LogP contribution in [0.15, 0.2) is 40.6 Å². The van der Waals surface area contributed by atoms with Gasteiger partial charge in [-0.15, -0.1) is 0 Å². The average Bonchev–Trinajstić information content (AvgIpc) is 2.68. The van der Waals surface area contributed by atoms with Crippen LogP contribution < -0.4 is 0 Å². The van der Waals surface area contributed by atoms with Gasteiger partial charge in [-0.25, -0.2) is 0 Å². The van der Waals surface area contributed by atoms with Gasteiger partial charge < -0.3 is 9.68 Å². The second-order valence-electron chi connectivity index (χ2n) is 8.40. The van der Waals surface area contributed by atoms with Crippen molar-refractivity contribution in [2.75, 3.05) is 13.2 Å². The van der Waals surface area contributed by atoms with Crippen LogP contribution in [-0.2, 0) is 16.1 Å². The third-order valence-corrected chi connectivity index (χ3v) is 4.80. The molecule has 0 N–H and O–H groups in total. The van der Waals surface area contributed by atoms with E-state index in [-0.39, 0.29) is 5.41 Å². The van der Waals surface area contributed by atoms with Gasteiger partial charge in [0, 0.05) is 16.8 Å². The Bertz CT molecular complexity index is 919.